The molecular formula is C17H21N3O2. The Labute approximate surface area is 130 Å². The molecule has 1 unspecified atom stereocenters. The van der Waals surface area contributed by atoms with E-state index in [2.05, 4.69) is 9.97 Å². The third kappa shape index (κ3) is 3.24. The van der Waals surface area contributed by atoms with Crippen LogP contribution in [0.15, 0.2) is 36.8 Å². The standard InChI is InChI=1S/C17H21N3O2/c1-11-7-5-6-8-13(11)15-14(9-19-10-20-15)12(2)17(3,4)22-16(18)21/h5-10,12H,1-4H3,(H2,18,21). The van der Waals surface area contributed by atoms with E-state index in [-0.39, 0.29) is 5.92 Å². The van der Waals surface area contributed by atoms with Crippen molar-refractivity contribution in [1.82, 2.24) is 9.97 Å². The molecule has 0 spiro atoms. The molecule has 1 aromatic carbocycles. The highest BCUT2D eigenvalue weighted by Crippen LogP contribution is 2.36. The molecule has 2 N–H and O–H groups in total. The van der Waals surface area contributed by atoms with Crippen LogP contribution < -0.4 is 5.73 Å². The Balaban J connectivity index is 2.49. The summed E-state index contributed by atoms with van der Waals surface area (Å²) in [6.45, 7) is 7.68. The number of benzene rings is 1. The van der Waals surface area contributed by atoms with E-state index in [0.717, 1.165) is 22.4 Å². The summed E-state index contributed by atoms with van der Waals surface area (Å²) in [5.41, 5.74) is 8.36. The van der Waals surface area contributed by atoms with Gasteiger partial charge in [-0.2, -0.15) is 0 Å². The summed E-state index contributed by atoms with van der Waals surface area (Å²) >= 11 is 0. The van der Waals surface area contributed by atoms with Gasteiger partial charge in [-0.3, -0.25) is 0 Å². The molecule has 0 saturated carbocycles. The van der Waals surface area contributed by atoms with Gasteiger partial charge < -0.3 is 10.5 Å². The van der Waals surface area contributed by atoms with Gasteiger partial charge in [0, 0.05) is 23.2 Å². The summed E-state index contributed by atoms with van der Waals surface area (Å²) in [4.78, 5) is 19.7. The summed E-state index contributed by atoms with van der Waals surface area (Å²) in [6, 6.07) is 8.03. The molecule has 1 aromatic heterocycles. The number of aromatic nitrogens is 2. The van der Waals surface area contributed by atoms with Crippen molar-refractivity contribution in [1.29, 1.82) is 0 Å². The lowest BCUT2D eigenvalue weighted by Gasteiger charge is -2.31. The van der Waals surface area contributed by atoms with Gasteiger partial charge in [0.1, 0.15) is 11.9 Å². The quantitative estimate of drug-likeness (QED) is 0.938. The van der Waals surface area contributed by atoms with Crippen molar-refractivity contribution in [3.05, 3.63) is 47.9 Å². The highest BCUT2D eigenvalue weighted by molar-refractivity contribution is 5.68. The molecule has 116 valence electrons. The zero-order chi connectivity index (χ0) is 16.3. The lowest BCUT2D eigenvalue weighted by molar-refractivity contribution is 0.0281. The van der Waals surface area contributed by atoms with Crippen molar-refractivity contribution in [2.45, 2.75) is 39.2 Å². The summed E-state index contributed by atoms with van der Waals surface area (Å²) < 4.78 is 5.26. The van der Waals surface area contributed by atoms with Crippen LogP contribution in [0.1, 0.15) is 37.8 Å². The van der Waals surface area contributed by atoms with Crippen molar-refractivity contribution in [2.75, 3.05) is 0 Å². The van der Waals surface area contributed by atoms with Gasteiger partial charge in [0.15, 0.2) is 0 Å². The first-order valence-corrected chi connectivity index (χ1v) is 7.17. The molecule has 5 heteroatoms. The molecule has 0 saturated heterocycles. The zero-order valence-electron chi connectivity index (χ0n) is 13.3. The molecular weight excluding hydrogens is 278 g/mol. The normalized spacial score (nSPS) is 12.7. The van der Waals surface area contributed by atoms with Gasteiger partial charge >= 0.3 is 6.09 Å². The Bertz CT molecular complexity index is 683. The number of aryl methyl sites for hydroxylation is 1. The molecule has 0 aliphatic heterocycles. The summed E-state index contributed by atoms with van der Waals surface area (Å²) in [7, 11) is 0. The van der Waals surface area contributed by atoms with Crippen LogP contribution >= 0.6 is 0 Å². The number of nitrogens with zero attached hydrogens (tertiary/aromatic N) is 2. The van der Waals surface area contributed by atoms with Crippen LogP contribution in [0.3, 0.4) is 0 Å². The molecule has 1 amide bonds. The van der Waals surface area contributed by atoms with E-state index >= 15 is 0 Å². The van der Waals surface area contributed by atoms with E-state index in [9.17, 15) is 4.79 Å². The Morgan fingerprint density at radius 1 is 1.32 bits per heavy atom. The van der Waals surface area contributed by atoms with Crippen LogP contribution in [0.2, 0.25) is 0 Å². The number of primary amides is 1. The highest BCUT2D eigenvalue weighted by Gasteiger charge is 2.33. The van der Waals surface area contributed by atoms with Crippen LogP contribution in [0, 0.1) is 6.92 Å². The number of rotatable bonds is 4. The van der Waals surface area contributed by atoms with Gasteiger partial charge in [0.2, 0.25) is 0 Å². The first-order chi connectivity index (χ1) is 10.3. The predicted molar refractivity (Wildman–Crippen MR) is 85.4 cm³/mol. The molecule has 0 fully saturated rings. The first kappa shape index (κ1) is 15.9. The smallest absolute Gasteiger partial charge is 0.405 e. The summed E-state index contributed by atoms with van der Waals surface area (Å²) in [5, 5.41) is 0. The molecule has 0 radical (unpaired) electrons. The molecule has 0 aliphatic rings. The number of hydrogen-bond donors (Lipinski definition) is 1. The predicted octanol–water partition coefficient (Wildman–Crippen LogP) is 3.43. The van der Waals surface area contributed by atoms with E-state index in [1.54, 1.807) is 6.20 Å². The summed E-state index contributed by atoms with van der Waals surface area (Å²) in [5.74, 6) is -0.115. The number of amides is 1. The Morgan fingerprint density at radius 3 is 2.64 bits per heavy atom. The minimum Gasteiger partial charge on any atom is -0.443 e. The lowest BCUT2D eigenvalue weighted by Crippen LogP contribution is -2.36. The molecule has 2 rings (SSSR count). The van der Waals surface area contributed by atoms with Crippen molar-refractivity contribution < 1.29 is 9.53 Å². The van der Waals surface area contributed by atoms with Crippen LogP contribution in [0.25, 0.3) is 11.3 Å². The van der Waals surface area contributed by atoms with Gasteiger partial charge in [-0.25, -0.2) is 14.8 Å². The van der Waals surface area contributed by atoms with Gasteiger partial charge in [0.25, 0.3) is 0 Å². The Hall–Kier alpha value is -2.43. The van der Waals surface area contributed by atoms with E-state index in [0.29, 0.717) is 0 Å². The van der Waals surface area contributed by atoms with E-state index in [1.807, 2.05) is 52.0 Å². The summed E-state index contributed by atoms with van der Waals surface area (Å²) in [6.07, 6.45) is 2.51. The third-order valence-corrected chi connectivity index (χ3v) is 4.01. The fraction of sp³-hybridized carbons (Fsp3) is 0.353. The second-order valence-corrected chi connectivity index (χ2v) is 5.89. The van der Waals surface area contributed by atoms with Gasteiger partial charge in [-0.15, -0.1) is 0 Å². The van der Waals surface area contributed by atoms with E-state index in [1.165, 1.54) is 6.33 Å². The molecule has 2 aromatic rings. The number of nitrogens with two attached hydrogens (primary N) is 1. The van der Waals surface area contributed by atoms with Crippen molar-refractivity contribution in [3.8, 4) is 11.3 Å². The lowest BCUT2D eigenvalue weighted by atomic mass is 9.84. The largest absolute Gasteiger partial charge is 0.443 e. The van der Waals surface area contributed by atoms with Crippen LogP contribution in [0.4, 0.5) is 4.79 Å². The second kappa shape index (κ2) is 6.13. The molecule has 1 atom stereocenters. The third-order valence-electron chi connectivity index (χ3n) is 4.01. The van der Waals surface area contributed by atoms with Gasteiger partial charge in [-0.1, -0.05) is 31.2 Å². The van der Waals surface area contributed by atoms with E-state index < -0.39 is 11.7 Å². The average molecular weight is 299 g/mol. The molecule has 5 nitrogen and oxygen atoms in total. The molecule has 0 aliphatic carbocycles. The number of ether oxygens (including phenoxy) is 1. The molecule has 1 heterocycles. The van der Waals surface area contributed by atoms with Gasteiger partial charge in [-0.05, 0) is 26.3 Å². The maximum atomic E-state index is 11.1. The van der Waals surface area contributed by atoms with Gasteiger partial charge in [0.05, 0.1) is 5.69 Å². The van der Waals surface area contributed by atoms with Crippen LogP contribution in [0.5, 0.6) is 0 Å². The van der Waals surface area contributed by atoms with Crippen LogP contribution in [-0.4, -0.2) is 21.7 Å². The first-order valence-electron chi connectivity index (χ1n) is 7.17. The number of carbonyl (C=O) groups is 1. The monoisotopic (exact) mass is 299 g/mol. The number of carbonyl (C=O) groups excluding carboxylic acids is 1. The van der Waals surface area contributed by atoms with Crippen LogP contribution in [-0.2, 0) is 4.74 Å². The highest BCUT2D eigenvalue weighted by atomic mass is 16.6. The van der Waals surface area contributed by atoms with Crippen molar-refractivity contribution in [2.24, 2.45) is 5.73 Å². The average Bonchev–Trinajstić information content (AvgIpc) is 2.46. The van der Waals surface area contributed by atoms with E-state index in [4.69, 9.17) is 10.5 Å². The fourth-order valence-electron chi connectivity index (χ4n) is 2.44. The SMILES string of the molecule is Cc1ccccc1-c1ncncc1C(C)C(C)(C)OC(N)=O. The molecule has 0 bridgehead atoms. The topological polar surface area (TPSA) is 78.1 Å². The zero-order valence-corrected chi connectivity index (χ0v) is 13.3. The minimum atomic E-state index is -0.786. The number of hydrogen-bond acceptors (Lipinski definition) is 4. The van der Waals surface area contributed by atoms with Crippen molar-refractivity contribution in [3.63, 3.8) is 0 Å². The molecule has 22 heavy (non-hydrogen) atoms. The maximum Gasteiger partial charge on any atom is 0.405 e. The maximum absolute atomic E-state index is 11.1. The Morgan fingerprint density at radius 2 is 2.00 bits per heavy atom. The Kier molecular flexibility index (Phi) is 4.45. The second-order valence-electron chi connectivity index (χ2n) is 5.89. The fourth-order valence-corrected chi connectivity index (χ4v) is 2.44. The minimum absolute atomic E-state index is 0.115. The van der Waals surface area contributed by atoms with Crippen molar-refractivity contribution >= 4 is 6.09 Å².